The van der Waals surface area contributed by atoms with Crippen molar-refractivity contribution in [2.24, 2.45) is 0 Å². The molecule has 1 aliphatic rings. The standard InChI is InChI=1S/C14H15ClN2O2/c1-9-6-10(15)2-5-13(9)19-14-17-12(8-18-14)7-16-11-3-4-11/h2,5-6,8,11,16H,3-4,7H2,1H3. The number of aryl methyl sites for hydroxylation is 1. The van der Waals surface area contributed by atoms with Gasteiger partial charge in [-0.3, -0.25) is 0 Å². The molecule has 4 nitrogen and oxygen atoms in total. The Hall–Kier alpha value is -1.52. The number of hydrogen-bond acceptors (Lipinski definition) is 4. The maximum Gasteiger partial charge on any atom is 0.399 e. The fourth-order valence-electron chi connectivity index (χ4n) is 1.77. The van der Waals surface area contributed by atoms with Gasteiger partial charge in [-0.05, 0) is 43.5 Å². The van der Waals surface area contributed by atoms with Gasteiger partial charge in [-0.1, -0.05) is 11.6 Å². The molecule has 0 atom stereocenters. The highest BCUT2D eigenvalue weighted by atomic mass is 35.5. The number of hydrogen-bond donors (Lipinski definition) is 1. The molecule has 5 heteroatoms. The van der Waals surface area contributed by atoms with Crippen LogP contribution in [-0.4, -0.2) is 11.0 Å². The Morgan fingerprint density at radius 3 is 3.05 bits per heavy atom. The van der Waals surface area contributed by atoms with Gasteiger partial charge in [0.1, 0.15) is 12.0 Å². The Morgan fingerprint density at radius 1 is 1.47 bits per heavy atom. The number of aromatic nitrogens is 1. The number of ether oxygens (including phenoxy) is 1. The van der Waals surface area contributed by atoms with Crippen LogP contribution in [0.1, 0.15) is 24.1 Å². The number of nitrogens with one attached hydrogen (secondary N) is 1. The first-order chi connectivity index (χ1) is 9.20. The predicted molar refractivity (Wildman–Crippen MR) is 72.6 cm³/mol. The van der Waals surface area contributed by atoms with E-state index in [0.29, 0.717) is 16.8 Å². The summed E-state index contributed by atoms with van der Waals surface area (Å²) in [7, 11) is 0. The predicted octanol–water partition coefficient (Wildman–Crippen LogP) is 3.68. The third-order valence-corrected chi connectivity index (χ3v) is 3.25. The van der Waals surface area contributed by atoms with Gasteiger partial charge in [0.2, 0.25) is 0 Å². The minimum absolute atomic E-state index is 0.262. The summed E-state index contributed by atoms with van der Waals surface area (Å²) in [6, 6.07) is 6.08. The van der Waals surface area contributed by atoms with Gasteiger partial charge in [0, 0.05) is 17.6 Å². The molecule has 0 aliphatic heterocycles. The molecule has 0 radical (unpaired) electrons. The molecule has 0 saturated heterocycles. The van der Waals surface area contributed by atoms with Gasteiger partial charge in [-0.15, -0.1) is 0 Å². The molecule has 0 unspecified atom stereocenters. The highest BCUT2D eigenvalue weighted by Gasteiger charge is 2.20. The first-order valence-corrected chi connectivity index (χ1v) is 6.70. The Balaban J connectivity index is 1.65. The lowest BCUT2D eigenvalue weighted by atomic mass is 10.2. The van der Waals surface area contributed by atoms with Crippen LogP contribution in [0, 0.1) is 6.92 Å². The summed E-state index contributed by atoms with van der Waals surface area (Å²) in [4.78, 5) is 4.28. The molecule has 1 fully saturated rings. The number of oxazole rings is 1. The summed E-state index contributed by atoms with van der Waals surface area (Å²) in [5.74, 6) is 0.702. The van der Waals surface area contributed by atoms with Gasteiger partial charge in [0.25, 0.3) is 0 Å². The van der Waals surface area contributed by atoms with E-state index in [1.165, 1.54) is 12.8 Å². The molecule has 1 aliphatic carbocycles. The molecular weight excluding hydrogens is 264 g/mol. The van der Waals surface area contributed by atoms with E-state index in [9.17, 15) is 0 Å². The molecule has 1 heterocycles. The van der Waals surface area contributed by atoms with Gasteiger partial charge in [-0.2, -0.15) is 4.98 Å². The minimum Gasteiger partial charge on any atom is -0.417 e. The molecular formula is C14H15ClN2O2. The van der Waals surface area contributed by atoms with Crippen LogP contribution < -0.4 is 10.1 Å². The molecule has 3 rings (SSSR count). The number of rotatable bonds is 5. The fraction of sp³-hybridized carbons (Fsp3) is 0.357. The molecule has 1 aromatic heterocycles. The molecule has 0 spiro atoms. The first kappa shape index (κ1) is 12.5. The van der Waals surface area contributed by atoms with Crippen LogP contribution in [0.5, 0.6) is 11.8 Å². The summed E-state index contributed by atoms with van der Waals surface area (Å²) in [5, 5.41) is 4.06. The second-order valence-electron chi connectivity index (χ2n) is 4.77. The lowest BCUT2D eigenvalue weighted by Crippen LogP contribution is -2.15. The van der Waals surface area contributed by atoms with E-state index in [-0.39, 0.29) is 6.08 Å². The Kier molecular flexibility index (Phi) is 3.44. The molecule has 0 amide bonds. The zero-order valence-electron chi connectivity index (χ0n) is 10.6. The smallest absolute Gasteiger partial charge is 0.399 e. The van der Waals surface area contributed by atoms with Gasteiger partial charge in [-0.25, -0.2) is 0 Å². The van der Waals surface area contributed by atoms with Gasteiger partial charge < -0.3 is 14.5 Å². The molecule has 19 heavy (non-hydrogen) atoms. The molecule has 1 saturated carbocycles. The van der Waals surface area contributed by atoms with Crippen molar-refractivity contribution in [3.63, 3.8) is 0 Å². The molecule has 2 aromatic rings. The van der Waals surface area contributed by atoms with E-state index in [2.05, 4.69) is 10.3 Å². The van der Waals surface area contributed by atoms with Crippen LogP contribution in [0.2, 0.25) is 5.02 Å². The monoisotopic (exact) mass is 278 g/mol. The second kappa shape index (κ2) is 5.23. The van der Waals surface area contributed by atoms with Crippen LogP contribution >= 0.6 is 11.6 Å². The molecule has 1 aromatic carbocycles. The SMILES string of the molecule is Cc1cc(Cl)ccc1Oc1nc(CNC2CC2)co1. The fourth-order valence-corrected chi connectivity index (χ4v) is 2.00. The quantitative estimate of drug-likeness (QED) is 0.906. The molecule has 100 valence electrons. The van der Waals surface area contributed by atoms with Crippen LogP contribution in [0.3, 0.4) is 0 Å². The highest BCUT2D eigenvalue weighted by Crippen LogP contribution is 2.27. The van der Waals surface area contributed by atoms with Crippen molar-refractivity contribution >= 4 is 11.6 Å². The highest BCUT2D eigenvalue weighted by molar-refractivity contribution is 6.30. The van der Waals surface area contributed by atoms with Crippen molar-refractivity contribution in [2.75, 3.05) is 0 Å². The number of halogens is 1. The third kappa shape index (κ3) is 3.28. The van der Waals surface area contributed by atoms with Crippen molar-refractivity contribution in [1.29, 1.82) is 0 Å². The minimum atomic E-state index is 0.262. The molecule has 0 bridgehead atoms. The third-order valence-electron chi connectivity index (χ3n) is 3.01. The summed E-state index contributed by atoms with van der Waals surface area (Å²) in [5.41, 5.74) is 1.80. The summed E-state index contributed by atoms with van der Waals surface area (Å²) >= 11 is 5.90. The number of benzene rings is 1. The van der Waals surface area contributed by atoms with Crippen molar-refractivity contribution in [2.45, 2.75) is 32.4 Å². The topological polar surface area (TPSA) is 47.3 Å². The van der Waals surface area contributed by atoms with E-state index in [4.69, 9.17) is 20.8 Å². The molecule has 1 N–H and O–H groups in total. The Labute approximate surface area is 116 Å². The zero-order valence-corrected chi connectivity index (χ0v) is 11.4. The maximum absolute atomic E-state index is 5.90. The lowest BCUT2D eigenvalue weighted by Gasteiger charge is -2.04. The second-order valence-corrected chi connectivity index (χ2v) is 5.21. The normalized spacial score (nSPS) is 14.6. The summed E-state index contributed by atoms with van der Waals surface area (Å²) < 4.78 is 10.9. The maximum atomic E-state index is 5.90. The van der Waals surface area contributed by atoms with Crippen molar-refractivity contribution in [3.8, 4) is 11.8 Å². The Morgan fingerprint density at radius 2 is 2.32 bits per heavy atom. The van der Waals surface area contributed by atoms with E-state index < -0.39 is 0 Å². The number of nitrogens with zero attached hydrogens (tertiary/aromatic N) is 1. The first-order valence-electron chi connectivity index (χ1n) is 6.32. The van der Waals surface area contributed by atoms with Crippen molar-refractivity contribution in [3.05, 3.63) is 40.7 Å². The van der Waals surface area contributed by atoms with Gasteiger partial charge in [0.15, 0.2) is 0 Å². The van der Waals surface area contributed by atoms with Crippen molar-refractivity contribution < 1.29 is 9.15 Å². The van der Waals surface area contributed by atoms with Crippen LogP contribution in [0.25, 0.3) is 0 Å². The van der Waals surface area contributed by atoms with Gasteiger partial charge in [0.05, 0.1) is 5.69 Å². The summed E-state index contributed by atoms with van der Waals surface area (Å²) in [6.07, 6.45) is 4.39. The average molecular weight is 279 g/mol. The Bertz CT molecular complexity index is 579. The largest absolute Gasteiger partial charge is 0.417 e. The zero-order chi connectivity index (χ0) is 13.2. The van der Waals surface area contributed by atoms with E-state index >= 15 is 0 Å². The lowest BCUT2D eigenvalue weighted by molar-refractivity contribution is 0.329. The summed E-state index contributed by atoms with van der Waals surface area (Å²) in [6.45, 7) is 2.65. The van der Waals surface area contributed by atoms with Crippen LogP contribution in [0.15, 0.2) is 28.9 Å². The average Bonchev–Trinajstić information content (AvgIpc) is 3.10. The van der Waals surface area contributed by atoms with E-state index in [1.54, 1.807) is 12.3 Å². The van der Waals surface area contributed by atoms with E-state index in [0.717, 1.165) is 17.8 Å². The van der Waals surface area contributed by atoms with E-state index in [1.807, 2.05) is 19.1 Å². The van der Waals surface area contributed by atoms with Crippen molar-refractivity contribution in [1.82, 2.24) is 10.3 Å². The van der Waals surface area contributed by atoms with Crippen LogP contribution in [-0.2, 0) is 6.54 Å². The van der Waals surface area contributed by atoms with Crippen LogP contribution in [0.4, 0.5) is 0 Å². The van der Waals surface area contributed by atoms with Gasteiger partial charge >= 0.3 is 6.08 Å².